The summed E-state index contributed by atoms with van der Waals surface area (Å²) >= 11 is 0. The smallest absolute Gasteiger partial charge is 0.300 e. The van der Waals surface area contributed by atoms with Gasteiger partial charge in [-0.15, -0.1) is 0 Å². The molecule has 2 fully saturated rings. The molecule has 5 nitrogen and oxygen atoms in total. The Hall–Kier alpha value is -1.20. The second kappa shape index (κ2) is 10.6. The first-order valence-electron chi connectivity index (χ1n) is 12.3. The van der Waals surface area contributed by atoms with E-state index in [0.717, 1.165) is 25.7 Å². The van der Waals surface area contributed by atoms with Gasteiger partial charge in [0.25, 0.3) is 0 Å². The Kier molecular flexibility index (Phi) is 8.00. The van der Waals surface area contributed by atoms with Crippen molar-refractivity contribution in [1.82, 2.24) is 0 Å². The van der Waals surface area contributed by atoms with Crippen LogP contribution in [0.4, 0.5) is 0 Å². The predicted octanol–water partition coefficient (Wildman–Crippen LogP) is 6.36. The van der Waals surface area contributed by atoms with Gasteiger partial charge >= 0.3 is 10.1 Å². The molecule has 2 saturated carbocycles. The molecule has 7 heteroatoms. The first-order chi connectivity index (χ1) is 15.9. The molecule has 1 aromatic rings. The molecular weight excluding hydrogens is 455 g/mol. The number of ether oxygens (including phenoxy) is 2. The zero-order chi connectivity index (χ0) is 23.5. The number of hydrogen-bond acceptors (Lipinski definition) is 4. The lowest BCUT2D eigenvalue weighted by Gasteiger charge is -2.49. The normalized spacial score (nSPS) is 27.8. The topological polar surface area (TPSA) is 72.8 Å². The lowest BCUT2D eigenvalue weighted by Crippen LogP contribution is -2.53. The van der Waals surface area contributed by atoms with E-state index in [4.69, 9.17) is 9.47 Å². The van der Waals surface area contributed by atoms with E-state index in [1.807, 2.05) is 42.5 Å². The van der Waals surface area contributed by atoms with Gasteiger partial charge in [0, 0.05) is 12.8 Å². The Bertz CT molecular complexity index is 944. The molecule has 0 spiro atoms. The molecule has 182 valence electrons. The minimum atomic E-state index is -4.64. The molecule has 0 heterocycles. The van der Waals surface area contributed by atoms with Crippen LogP contribution >= 0.6 is 7.92 Å². The van der Waals surface area contributed by atoms with Crippen molar-refractivity contribution in [2.24, 2.45) is 0 Å². The van der Waals surface area contributed by atoms with Crippen LogP contribution in [-0.4, -0.2) is 49.1 Å². The number of hydrogen-bond donors (Lipinski definition) is 1. The molecule has 4 rings (SSSR count). The minimum Gasteiger partial charge on any atom is -0.496 e. The maximum atomic E-state index is 13.4. The summed E-state index contributed by atoms with van der Waals surface area (Å²) in [6.45, 7) is 0. The highest BCUT2D eigenvalue weighted by atomic mass is 32.2. The molecule has 2 atom stereocenters. The van der Waals surface area contributed by atoms with Crippen LogP contribution in [0.5, 0.6) is 0 Å². The summed E-state index contributed by atoms with van der Waals surface area (Å²) < 4.78 is 49.3. The summed E-state index contributed by atoms with van der Waals surface area (Å²) in [5.74, 6) is 0.430. The Morgan fingerprint density at radius 2 is 1.45 bits per heavy atom. The van der Waals surface area contributed by atoms with E-state index in [-0.39, 0.29) is 0 Å². The van der Waals surface area contributed by atoms with Gasteiger partial charge in [0.2, 0.25) is 4.93 Å². The third kappa shape index (κ3) is 4.69. The molecule has 0 bridgehead atoms. The Morgan fingerprint density at radius 3 is 1.91 bits per heavy atom. The van der Waals surface area contributed by atoms with Crippen molar-refractivity contribution in [3.05, 3.63) is 53.8 Å². The predicted molar refractivity (Wildman–Crippen MR) is 135 cm³/mol. The maximum absolute atomic E-state index is 13.4. The van der Waals surface area contributed by atoms with Crippen molar-refractivity contribution in [2.45, 2.75) is 86.1 Å². The third-order valence-corrected chi connectivity index (χ3v) is 13.2. The molecule has 0 aliphatic heterocycles. The Balaban J connectivity index is 1.91. The van der Waals surface area contributed by atoms with Gasteiger partial charge < -0.3 is 9.47 Å². The highest BCUT2D eigenvalue weighted by Gasteiger charge is 2.59. The number of benzene rings is 1. The number of methoxy groups -OCH3 is 2. The SMILES string of the molecule is COC1=C(c2ccccc2)C(OC)(S(=O)(=O)O)C(P(C2CCCCC2)C2CCCCC2)C=C1. The molecule has 3 aliphatic rings. The van der Waals surface area contributed by atoms with Crippen molar-refractivity contribution in [1.29, 1.82) is 0 Å². The van der Waals surface area contributed by atoms with Gasteiger partial charge in [0.1, 0.15) is 5.76 Å². The van der Waals surface area contributed by atoms with Crippen molar-refractivity contribution in [2.75, 3.05) is 14.2 Å². The minimum absolute atomic E-state index is 0.419. The highest BCUT2D eigenvalue weighted by molar-refractivity contribution is 7.88. The maximum Gasteiger partial charge on any atom is 0.300 e. The molecular formula is C26H37O5PS. The van der Waals surface area contributed by atoms with Crippen LogP contribution in [0.2, 0.25) is 0 Å². The zero-order valence-corrected chi connectivity index (χ0v) is 21.5. The third-order valence-electron chi connectivity index (χ3n) is 7.70. The highest BCUT2D eigenvalue weighted by Crippen LogP contribution is 2.65. The van der Waals surface area contributed by atoms with Crippen LogP contribution in [0.25, 0.3) is 5.57 Å². The standard InChI is InChI=1S/C26H37O5PS/c1-30-23-18-19-24(32(21-14-8-4-9-15-21)22-16-10-5-11-17-22)26(31-2,33(27,28)29)25(23)20-12-6-3-7-13-20/h3,6-7,12-13,18-19,21-22,24H,4-5,8-11,14-17H2,1-2H3,(H,27,28,29). The number of allylic oxidation sites excluding steroid dienone is 1. The summed E-state index contributed by atoms with van der Waals surface area (Å²) in [4.78, 5) is -1.88. The molecule has 1 aromatic carbocycles. The molecule has 3 aliphatic carbocycles. The van der Waals surface area contributed by atoms with Crippen LogP contribution in [0.3, 0.4) is 0 Å². The largest absolute Gasteiger partial charge is 0.496 e. The van der Waals surface area contributed by atoms with E-state index in [1.165, 1.54) is 45.6 Å². The van der Waals surface area contributed by atoms with Crippen LogP contribution in [0, 0.1) is 0 Å². The monoisotopic (exact) mass is 492 g/mol. The van der Waals surface area contributed by atoms with E-state index < -0.39 is 28.6 Å². The fourth-order valence-electron chi connectivity index (χ4n) is 6.24. The molecule has 0 amide bonds. The van der Waals surface area contributed by atoms with E-state index in [0.29, 0.717) is 28.2 Å². The first-order valence-corrected chi connectivity index (χ1v) is 15.2. The lowest BCUT2D eigenvalue weighted by atomic mass is 9.92. The molecule has 1 N–H and O–H groups in total. The molecule has 0 aromatic heterocycles. The van der Waals surface area contributed by atoms with Gasteiger partial charge in [-0.3, -0.25) is 4.55 Å². The molecule has 2 unspecified atom stereocenters. The fourth-order valence-corrected chi connectivity index (χ4v) is 12.4. The van der Waals surface area contributed by atoms with Crippen molar-refractivity contribution in [3.8, 4) is 0 Å². The van der Waals surface area contributed by atoms with Crippen molar-refractivity contribution < 1.29 is 22.4 Å². The Morgan fingerprint density at radius 1 is 0.909 bits per heavy atom. The molecule has 0 saturated heterocycles. The average molecular weight is 493 g/mol. The van der Waals surface area contributed by atoms with Gasteiger partial charge in [-0.25, -0.2) is 0 Å². The average Bonchev–Trinajstić information content (AvgIpc) is 2.85. The van der Waals surface area contributed by atoms with Crippen LogP contribution in [-0.2, 0) is 19.6 Å². The van der Waals surface area contributed by atoms with Crippen LogP contribution < -0.4 is 0 Å². The van der Waals surface area contributed by atoms with E-state index in [1.54, 1.807) is 7.11 Å². The Labute approximate surface area is 200 Å². The summed E-state index contributed by atoms with van der Waals surface area (Å²) in [6.07, 6.45) is 15.7. The van der Waals surface area contributed by atoms with Gasteiger partial charge in [0.05, 0.1) is 12.7 Å². The summed E-state index contributed by atoms with van der Waals surface area (Å²) in [5, 5.41) is 0. The van der Waals surface area contributed by atoms with Gasteiger partial charge in [-0.2, -0.15) is 8.42 Å². The lowest BCUT2D eigenvalue weighted by molar-refractivity contribution is 0.101. The summed E-state index contributed by atoms with van der Waals surface area (Å²) in [7, 11) is -2.44. The van der Waals surface area contributed by atoms with E-state index in [9.17, 15) is 13.0 Å². The summed E-state index contributed by atoms with van der Waals surface area (Å²) in [5.41, 5.74) is 1.67. The first kappa shape index (κ1) is 24.9. The van der Waals surface area contributed by atoms with Gasteiger partial charge in [0.15, 0.2) is 0 Å². The molecule has 0 radical (unpaired) electrons. The summed E-state index contributed by atoms with van der Waals surface area (Å²) in [6, 6.07) is 9.38. The van der Waals surface area contributed by atoms with Crippen molar-refractivity contribution in [3.63, 3.8) is 0 Å². The molecule has 33 heavy (non-hydrogen) atoms. The van der Waals surface area contributed by atoms with Crippen LogP contribution in [0.1, 0.15) is 69.8 Å². The van der Waals surface area contributed by atoms with Gasteiger partial charge in [-0.1, -0.05) is 82.9 Å². The van der Waals surface area contributed by atoms with Gasteiger partial charge in [-0.05, 0) is 48.6 Å². The van der Waals surface area contributed by atoms with Crippen molar-refractivity contribution >= 4 is 23.6 Å². The number of rotatable bonds is 7. The van der Waals surface area contributed by atoms with E-state index in [2.05, 4.69) is 0 Å². The van der Waals surface area contributed by atoms with Crippen LogP contribution in [0.15, 0.2) is 48.2 Å². The zero-order valence-electron chi connectivity index (χ0n) is 19.8. The quantitative estimate of drug-likeness (QED) is 0.354. The second-order valence-corrected chi connectivity index (χ2v) is 14.0. The fraction of sp³-hybridized carbons (Fsp3) is 0.615. The van der Waals surface area contributed by atoms with E-state index >= 15 is 0 Å². The second-order valence-electron chi connectivity index (χ2n) is 9.49.